The molecule has 0 radical (unpaired) electrons. The maximum Gasteiger partial charge on any atom is 0.0932 e. The highest BCUT2D eigenvalue weighted by atomic mass is 16.5. The van der Waals surface area contributed by atoms with E-state index < -0.39 is 0 Å². The summed E-state index contributed by atoms with van der Waals surface area (Å²) in [6.07, 6.45) is 1.26. The molecule has 0 aliphatic rings. The molecule has 0 aliphatic carbocycles. The van der Waals surface area contributed by atoms with Crippen molar-refractivity contribution in [2.75, 3.05) is 33.4 Å². The van der Waals surface area contributed by atoms with Crippen molar-refractivity contribution in [2.45, 2.75) is 40.2 Å². The van der Waals surface area contributed by atoms with Crippen molar-refractivity contribution in [1.82, 2.24) is 5.32 Å². The first-order valence-corrected chi connectivity index (χ1v) is 5.81. The summed E-state index contributed by atoms with van der Waals surface area (Å²) < 4.78 is 10.9. The summed E-state index contributed by atoms with van der Waals surface area (Å²) in [5, 5.41) is 3.28. The Kier molecular flexibility index (Phi) is 8.02. The van der Waals surface area contributed by atoms with E-state index in [1.165, 1.54) is 0 Å². The van der Waals surface area contributed by atoms with Crippen LogP contribution in [0.5, 0.6) is 0 Å². The van der Waals surface area contributed by atoms with Gasteiger partial charge in [0.15, 0.2) is 0 Å². The molecule has 0 bridgehead atoms. The molecule has 1 N–H and O–H groups in total. The fourth-order valence-electron chi connectivity index (χ4n) is 1.19. The largest absolute Gasteiger partial charge is 0.382 e. The average Bonchev–Trinajstić information content (AvgIpc) is 2.12. The molecule has 92 valence electrons. The monoisotopic (exact) mass is 217 g/mol. The van der Waals surface area contributed by atoms with Gasteiger partial charge in [-0.15, -0.1) is 0 Å². The van der Waals surface area contributed by atoms with Crippen molar-refractivity contribution in [2.24, 2.45) is 5.41 Å². The summed E-state index contributed by atoms with van der Waals surface area (Å²) in [5.41, 5.74) is 0.343. The zero-order chi connectivity index (χ0) is 11.7. The van der Waals surface area contributed by atoms with Crippen molar-refractivity contribution in [3.8, 4) is 0 Å². The molecule has 1 atom stereocenters. The first-order valence-electron chi connectivity index (χ1n) is 5.81. The summed E-state index contributed by atoms with van der Waals surface area (Å²) in [6, 6.07) is 0. The van der Waals surface area contributed by atoms with Gasteiger partial charge in [-0.05, 0) is 18.4 Å². The zero-order valence-corrected chi connectivity index (χ0v) is 10.9. The van der Waals surface area contributed by atoms with Gasteiger partial charge in [0.05, 0.1) is 12.7 Å². The second-order valence-electron chi connectivity index (χ2n) is 5.07. The van der Waals surface area contributed by atoms with E-state index >= 15 is 0 Å². The molecule has 0 fully saturated rings. The number of nitrogens with one attached hydrogen (secondary N) is 1. The van der Waals surface area contributed by atoms with Crippen LogP contribution in [0.15, 0.2) is 0 Å². The van der Waals surface area contributed by atoms with Crippen LogP contribution in [0.1, 0.15) is 34.1 Å². The summed E-state index contributed by atoms with van der Waals surface area (Å²) in [4.78, 5) is 0. The summed E-state index contributed by atoms with van der Waals surface area (Å²) in [6.45, 7) is 12.1. The molecule has 0 rings (SSSR count). The van der Waals surface area contributed by atoms with Gasteiger partial charge in [-0.3, -0.25) is 0 Å². The van der Waals surface area contributed by atoms with Crippen LogP contribution < -0.4 is 5.32 Å². The molecule has 0 aromatic carbocycles. The Labute approximate surface area is 94.5 Å². The van der Waals surface area contributed by atoms with Gasteiger partial charge in [0.2, 0.25) is 0 Å². The van der Waals surface area contributed by atoms with E-state index in [0.717, 1.165) is 26.1 Å². The molecule has 0 heterocycles. The molecule has 0 saturated carbocycles. The standard InChI is InChI=1S/C12H27NO2/c1-6-13-9-11(10-14-5)15-8-7-12(2,3)4/h11,13H,6-10H2,1-5H3. The van der Waals surface area contributed by atoms with Gasteiger partial charge in [0.1, 0.15) is 0 Å². The molecule has 0 saturated heterocycles. The van der Waals surface area contributed by atoms with Crippen LogP contribution in [0.2, 0.25) is 0 Å². The van der Waals surface area contributed by atoms with E-state index in [2.05, 4.69) is 33.0 Å². The number of rotatable bonds is 8. The molecule has 0 aliphatic heterocycles. The van der Waals surface area contributed by atoms with Crippen LogP contribution in [0, 0.1) is 5.41 Å². The van der Waals surface area contributed by atoms with Gasteiger partial charge in [-0.25, -0.2) is 0 Å². The van der Waals surface area contributed by atoms with E-state index in [1.54, 1.807) is 7.11 Å². The third kappa shape index (κ3) is 10.2. The predicted molar refractivity (Wildman–Crippen MR) is 64.2 cm³/mol. The van der Waals surface area contributed by atoms with Crippen LogP contribution >= 0.6 is 0 Å². The average molecular weight is 217 g/mol. The quantitative estimate of drug-likeness (QED) is 0.675. The number of hydrogen-bond donors (Lipinski definition) is 1. The smallest absolute Gasteiger partial charge is 0.0932 e. The Balaban J connectivity index is 3.65. The van der Waals surface area contributed by atoms with Crippen LogP contribution in [0.4, 0.5) is 0 Å². The summed E-state index contributed by atoms with van der Waals surface area (Å²) in [7, 11) is 1.71. The normalized spacial score (nSPS) is 14.2. The van der Waals surface area contributed by atoms with Gasteiger partial charge in [0, 0.05) is 20.3 Å². The highest BCUT2D eigenvalue weighted by molar-refractivity contribution is 4.64. The maximum absolute atomic E-state index is 5.77. The minimum atomic E-state index is 0.178. The molecule has 15 heavy (non-hydrogen) atoms. The third-order valence-electron chi connectivity index (χ3n) is 2.18. The van der Waals surface area contributed by atoms with Crippen LogP contribution in [0.3, 0.4) is 0 Å². The lowest BCUT2D eigenvalue weighted by Crippen LogP contribution is -2.33. The van der Waals surface area contributed by atoms with Crippen molar-refractivity contribution in [1.29, 1.82) is 0 Å². The van der Waals surface area contributed by atoms with Gasteiger partial charge in [-0.1, -0.05) is 27.7 Å². The predicted octanol–water partition coefficient (Wildman–Crippen LogP) is 2.06. The minimum absolute atomic E-state index is 0.178. The van der Waals surface area contributed by atoms with E-state index in [0.29, 0.717) is 12.0 Å². The minimum Gasteiger partial charge on any atom is -0.382 e. The Morgan fingerprint density at radius 1 is 1.27 bits per heavy atom. The van der Waals surface area contributed by atoms with E-state index in [9.17, 15) is 0 Å². The third-order valence-corrected chi connectivity index (χ3v) is 2.18. The molecule has 1 unspecified atom stereocenters. The van der Waals surface area contributed by atoms with E-state index in [4.69, 9.17) is 9.47 Å². The molecule has 0 spiro atoms. The van der Waals surface area contributed by atoms with Gasteiger partial charge >= 0.3 is 0 Å². The topological polar surface area (TPSA) is 30.5 Å². The fourth-order valence-corrected chi connectivity index (χ4v) is 1.19. The highest BCUT2D eigenvalue weighted by Gasteiger charge is 2.13. The van der Waals surface area contributed by atoms with Gasteiger partial charge in [0.25, 0.3) is 0 Å². The molecule has 0 aromatic rings. The molecule has 0 amide bonds. The number of likely N-dealkylation sites (N-methyl/N-ethyl adjacent to an activating group) is 1. The molecule has 3 nitrogen and oxygen atoms in total. The lowest BCUT2D eigenvalue weighted by atomic mass is 9.93. The second kappa shape index (κ2) is 8.08. The van der Waals surface area contributed by atoms with Gasteiger partial charge < -0.3 is 14.8 Å². The second-order valence-corrected chi connectivity index (χ2v) is 5.07. The lowest BCUT2D eigenvalue weighted by molar-refractivity contribution is -0.00936. The number of ether oxygens (including phenoxy) is 2. The zero-order valence-electron chi connectivity index (χ0n) is 10.9. The van der Waals surface area contributed by atoms with E-state index in [-0.39, 0.29) is 6.10 Å². The Morgan fingerprint density at radius 2 is 1.93 bits per heavy atom. The van der Waals surface area contributed by atoms with Crippen LogP contribution in [-0.2, 0) is 9.47 Å². The van der Waals surface area contributed by atoms with Crippen LogP contribution in [-0.4, -0.2) is 39.5 Å². The first kappa shape index (κ1) is 14.9. The number of methoxy groups -OCH3 is 1. The highest BCUT2D eigenvalue weighted by Crippen LogP contribution is 2.18. The van der Waals surface area contributed by atoms with Crippen LogP contribution in [0.25, 0.3) is 0 Å². The van der Waals surface area contributed by atoms with Crippen molar-refractivity contribution in [3.63, 3.8) is 0 Å². The Hall–Kier alpha value is -0.120. The van der Waals surface area contributed by atoms with E-state index in [1.807, 2.05) is 0 Å². The summed E-state index contributed by atoms with van der Waals surface area (Å²) >= 11 is 0. The Morgan fingerprint density at radius 3 is 2.40 bits per heavy atom. The lowest BCUT2D eigenvalue weighted by Gasteiger charge is -2.22. The van der Waals surface area contributed by atoms with Crippen molar-refractivity contribution < 1.29 is 9.47 Å². The van der Waals surface area contributed by atoms with Crippen molar-refractivity contribution in [3.05, 3.63) is 0 Å². The number of hydrogen-bond acceptors (Lipinski definition) is 3. The SMILES string of the molecule is CCNCC(COC)OCCC(C)(C)C. The maximum atomic E-state index is 5.77. The van der Waals surface area contributed by atoms with Crippen molar-refractivity contribution >= 4 is 0 Å². The molecule has 3 heteroatoms. The molecular formula is C12H27NO2. The molecular weight excluding hydrogens is 190 g/mol. The Bertz CT molecular complexity index is 143. The molecule has 0 aromatic heterocycles. The summed E-state index contributed by atoms with van der Waals surface area (Å²) in [5.74, 6) is 0. The first-order chi connectivity index (χ1) is 6.99. The van der Waals surface area contributed by atoms with Gasteiger partial charge in [-0.2, -0.15) is 0 Å². The fraction of sp³-hybridized carbons (Fsp3) is 1.00.